The highest BCUT2D eigenvalue weighted by Gasteiger charge is 2.39. The van der Waals surface area contributed by atoms with Gasteiger partial charge in [0.1, 0.15) is 11.4 Å². The highest BCUT2D eigenvalue weighted by molar-refractivity contribution is 5.65. The summed E-state index contributed by atoms with van der Waals surface area (Å²) in [4.78, 5) is 6.74. The van der Waals surface area contributed by atoms with E-state index < -0.39 is 0 Å². The van der Waals surface area contributed by atoms with Crippen molar-refractivity contribution in [1.29, 1.82) is 0 Å². The molecule has 1 saturated heterocycles. The number of rotatable bonds is 2. The molecule has 0 aliphatic carbocycles. The van der Waals surface area contributed by atoms with E-state index in [1.807, 2.05) is 18.5 Å². The number of pyridine rings is 1. The first-order valence-corrected chi connectivity index (χ1v) is 8.73. The van der Waals surface area contributed by atoms with Crippen LogP contribution in [0.3, 0.4) is 0 Å². The number of aromatic nitrogens is 1. The fraction of sp³-hybridized carbons (Fsp3) is 0.450. The van der Waals surface area contributed by atoms with Gasteiger partial charge in [-0.25, -0.2) is 0 Å². The van der Waals surface area contributed by atoms with Gasteiger partial charge in [0.15, 0.2) is 0 Å². The summed E-state index contributed by atoms with van der Waals surface area (Å²) in [5, 5.41) is 0. The van der Waals surface area contributed by atoms with Crippen molar-refractivity contribution in [3.8, 4) is 16.9 Å². The normalized spacial score (nSPS) is 20.0. The van der Waals surface area contributed by atoms with Crippen molar-refractivity contribution in [2.45, 2.75) is 38.2 Å². The summed E-state index contributed by atoms with van der Waals surface area (Å²) in [5.41, 5.74) is 3.83. The van der Waals surface area contributed by atoms with Gasteiger partial charge >= 0.3 is 0 Å². The first-order chi connectivity index (χ1) is 11.3. The summed E-state index contributed by atoms with van der Waals surface area (Å²) < 4.78 is 6.50. The molecule has 0 amide bonds. The lowest BCUT2D eigenvalue weighted by atomic mass is 9.82. The van der Waals surface area contributed by atoms with Crippen LogP contribution in [0, 0.1) is 0 Å². The number of benzene rings is 1. The van der Waals surface area contributed by atoms with Crippen LogP contribution in [0.1, 0.15) is 31.7 Å². The van der Waals surface area contributed by atoms with Crippen LogP contribution in [0.4, 0.5) is 0 Å². The molecular weight excluding hydrogens is 284 g/mol. The zero-order valence-electron chi connectivity index (χ0n) is 13.8. The highest BCUT2D eigenvalue weighted by Crippen LogP contribution is 2.40. The van der Waals surface area contributed by atoms with Crippen molar-refractivity contribution >= 4 is 0 Å². The molecule has 1 aromatic heterocycles. The van der Waals surface area contributed by atoms with Crippen LogP contribution in [-0.4, -0.2) is 35.1 Å². The number of piperidine rings is 1. The number of likely N-dealkylation sites (tertiary alicyclic amines) is 1. The molecule has 0 N–H and O–H groups in total. The maximum absolute atomic E-state index is 6.50. The average molecular weight is 308 g/mol. The van der Waals surface area contributed by atoms with E-state index in [4.69, 9.17) is 4.74 Å². The van der Waals surface area contributed by atoms with Crippen LogP contribution in [0.2, 0.25) is 0 Å². The fourth-order valence-corrected chi connectivity index (χ4v) is 3.86. The number of hydrogen-bond donors (Lipinski definition) is 0. The standard InChI is InChI=1S/C20H24N2O/c1-2-22-12-9-20(10-13-22)8-7-17-14-16(5-6-19(17)23-20)18-4-3-11-21-15-18/h3-6,11,14-15H,2,7-10,12-13H2,1H3. The predicted octanol–water partition coefficient (Wildman–Crippen LogP) is 3.93. The molecule has 0 unspecified atom stereocenters. The summed E-state index contributed by atoms with van der Waals surface area (Å²) in [7, 11) is 0. The number of fused-ring (bicyclic) bond motifs is 1. The molecular formula is C20H24N2O. The van der Waals surface area contributed by atoms with Crippen molar-refractivity contribution in [1.82, 2.24) is 9.88 Å². The summed E-state index contributed by atoms with van der Waals surface area (Å²) in [6, 6.07) is 10.7. The van der Waals surface area contributed by atoms with Crippen molar-refractivity contribution in [2.75, 3.05) is 19.6 Å². The largest absolute Gasteiger partial charge is 0.487 e. The SMILES string of the molecule is CCN1CCC2(CCc3cc(-c4cccnc4)ccc3O2)CC1. The molecule has 1 aromatic carbocycles. The molecule has 1 spiro atoms. The van der Waals surface area contributed by atoms with Crippen molar-refractivity contribution in [3.63, 3.8) is 0 Å². The third-order valence-electron chi connectivity index (χ3n) is 5.45. The molecule has 3 heteroatoms. The lowest BCUT2D eigenvalue weighted by Crippen LogP contribution is -2.49. The van der Waals surface area contributed by atoms with Gasteiger partial charge in [-0.1, -0.05) is 19.1 Å². The zero-order chi connectivity index (χ0) is 15.7. The quantitative estimate of drug-likeness (QED) is 0.840. The van der Waals surface area contributed by atoms with E-state index in [0.29, 0.717) is 0 Å². The number of hydrogen-bond acceptors (Lipinski definition) is 3. The molecule has 120 valence electrons. The predicted molar refractivity (Wildman–Crippen MR) is 92.7 cm³/mol. The molecule has 2 aromatic rings. The minimum absolute atomic E-state index is 0.0779. The van der Waals surface area contributed by atoms with E-state index in [9.17, 15) is 0 Å². The van der Waals surface area contributed by atoms with Crippen molar-refractivity contribution in [3.05, 3.63) is 48.3 Å². The van der Waals surface area contributed by atoms with Gasteiger partial charge in [-0.2, -0.15) is 0 Å². The van der Waals surface area contributed by atoms with Crippen molar-refractivity contribution < 1.29 is 4.74 Å². The topological polar surface area (TPSA) is 25.4 Å². The molecule has 23 heavy (non-hydrogen) atoms. The Morgan fingerprint density at radius 3 is 2.74 bits per heavy atom. The molecule has 0 saturated carbocycles. The van der Waals surface area contributed by atoms with Gasteiger partial charge in [0, 0.05) is 31.0 Å². The number of nitrogens with zero attached hydrogens (tertiary/aromatic N) is 2. The first kappa shape index (κ1) is 14.7. The summed E-state index contributed by atoms with van der Waals surface area (Å²) in [5.74, 6) is 1.09. The van der Waals surface area contributed by atoms with Crippen LogP contribution < -0.4 is 4.74 Å². The van der Waals surface area contributed by atoms with Crippen LogP contribution >= 0.6 is 0 Å². The first-order valence-electron chi connectivity index (χ1n) is 8.73. The van der Waals surface area contributed by atoms with E-state index in [0.717, 1.165) is 38.0 Å². The smallest absolute Gasteiger partial charge is 0.123 e. The van der Waals surface area contributed by atoms with Gasteiger partial charge in [-0.15, -0.1) is 0 Å². The Kier molecular flexibility index (Phi) is 3.82. The second kappa shape index (κ2) is 5.97. The summed E-state index contributed by atoms with van der Waals surface area (Å²) in [6.45, 7) is 5.73. The van der Waals surface area contributed by atoms with Crippen molar-refractivity contribution in [2.24, 2.45) is 0 Å². The van der Waals surface area contributed by atoms with Crippen LogP contribution in [0.15, 0.2) is 42.7 Å². The minimum atomic E-state index is 0.0779. The minimum Gasteiger partial charge on any atom is -0.487 e. The molecule has 0 bridgehead atoms. The molecule has 3 nitrogen and oxygen atoms in total. The molecule has 0 atom stereocenters. The third kappa shape index (κ3) is 2.86. The Morgan fingerprint density at radius 1 is 1.13 bits per heavy atom. The second-order valence-electron chi connectivity index (χ2n) is 6.78. The molecule has 2 aliphatic heterocycles. The Balaban J connectivity index is 1.55. The molecule has 0 radical (unpaired) electrons. The Bertz CT molecular complexity index is 675. The second-order valence-corrected chi connectivity index (χ2v) is 6.78. The van der Waals surface area contributed by atoms with Gasteiger partial charge < -0.3 is 9.64 Å². The van der Waals surface area contributed by atoms with Gasteiger partial charge in [-0.3, -0.25) is 4.98 Å². The summed E-state index contributed by atoms with van der Waals surface area (Å²) >= 11 is 0. The average Bonchev–Trinajstić information content (AvgIpc) is 2.63. The molecule has 4 rings (SSSR count). The maximum atomic E-state index is 6.50. The van der Waals surface area contributed by atoms with Crippen LogP contribution in [0.5, 0.6) is 5.75 Å². The van der Waals surface area contributed by atoms with Crippen LogP contribution in [0.25, 0.3) is 11.1 Å². The molecule has 3 heterocycles. The lowest BCUT2D eigenvalue weighted by molar-refractivity contribution is -0.0132. The Morgan fingerprint density at radius 2 is 2.00 bits per heavy atom. The highest BCUT2D eigenvalue weighted by atomic mass is 16.5. The maximum Gasteiger partial charge on any atom is 0.123 e. The summed E-state index contributed by atoms with van der Waals surface area (Å²) in [6.07, 6.45) is 8.32. The van der Waals surface area contributed by atoms with E-state index in [1.165, 1.54) is 29.8 Å². The zero-order valence-corrected chi connectivity index (χ0v) is 13.8. The van der Waals surface area contributed by atoms with Gasteiger partial charge in [-0.05, 0) is 61.6 Å². The third-order valence-corrected chi connectivity index (χ3v) is 5.45. The fourth-order valence-electron chi connectivity index (χ4n) is 3.86. The monoisotopic (exact) mass is 308 g/mol. The van der Waals surface area contributed by atoms with E-state index >= 15 is 0 Å². The van der Waals surface area contributed by atoms with E-state index in [2.05, 4.69) is 41.1 Å². The Labute approximate surface area is 138 Å². The molecule has 2 aliphatic rings. The van der Waals surface area contributed by atoms with Gasteiger partial charge in [0.25, 0.3) is 0 Å². The van der Waals surface area contributed by atoms with Crippen LogP contribution in [-0.2, 0) is 6.42 Å². The lowest BCUT2D eigenvalue weighted by Gasteiger charge is -2.44. The van der Waals surface area contributed by atoms with Gasteiger partial charge in [0.05, 0.1) is 0 Å². The number of aryl methyl sites for hydroxylation is 1. The molecule has 1 fully saturated rings. The van der Waals surface area contributed by atoms with E-state index in [-0.39, 0.29) is 5.60 Å². The van der Waals surface area contributed by atoms with Gasteiger partial charge in [0.2, 0.25) is 0 Å². The van der Waals surface area contributed by atoms with E-state index in [1.54, 1.807) is 0 Å². The number of ether oxygens (including phenoxy) is 1. The Hall–Kier alpha value is -1.87.